The monoisotopic (exact) mass is 414 g/mol. The van der Waals surface area contributed by atoms with Gasteiger partial charge in [0.15, 0.2) is 0 Å². The van der Waals surface area contributed by atoms with Gasteiger partial charge in [-0.1, -0.05) is 74.3 Å². The number of hydrogen-bond donors (Lipinski definition) is 1. The molecule has 0 bridgehead atoms. The topological polar surface area (TPSA) is 49.4 Å². The van der Waals surface area contributed by atoms with Crippen molar-refractivity contribution in [1.82, 2.24) is 10.2 Å². The largest absolute Gasteiger partial charge is 0.354 e. The minimum absolute atomic E-state index is 0.0830. The number of nitrogens with zero attached hydrogens (tertiary/aromatic N) is 1. The van der Waals surface area contributed by atoms with Crippen molar-refractivity contribution < 1.29 is 9.59 Å². The summed E-state index contributed by atoms with van der Waals surface area (Å²) in [7, 11) is 0. The van der Waals surface area contributed by atoms with Gasteiger partial charge in [0.05, 0.1) is 6.42 Å². The summed E-state index contributed by atoms with van der Waals surface area (Å²) in [5, 5.41) is 3.58. The molecule has 0 radical (unpaired) electrons. The van der Waals surface area contributed by atoms with E-state index in [0.717, 1.165) is 16.7 Å². The second-order valence-corrected chi connectivity index (χ2v) is 8.32. The van der Waals surface area contributed by atoms with E-state index in [2.05, 4.69) is 25.2 Å². The lowest BCUT2D eigenvalue weighted by Crippen LogP contribution is -2.50. The SMILES string of the molecule is CC[C@H](C(=O)NCC(C)C)N(Cc1cccc(C)c1)C(=O)Cc1cccc(Cl)c1. The van der Waals surface area contributed by atoms with Crippen molar-refractivity contribution in [3.05, 3.63) is 70.2 Å². The number of carbonyl (C=O) groups excluding carboxylic acids is 2. The van der Waals surface area contributed by atoms with E-state index in [4.69, 9.17) is 11.6 Å². The highest BCUT2D eigenvalue weighted by Gasteiger charge is 2.28. The van der Waals surface area contributed by atoms with Crippen LogP contribution in [0.25, 0.3) is 0 Å². The second-order valence-electron chi connectivity index (χ2n) is 7.88. The molecule has 1 N–H and O–H groups in total. The van der Waals surface area contributed by atoms with Crippen molar-refractivity contribution >= 4 is 23.4 Å². The van der Waals surface area contributed by atoms with Crippen molar-refractivity contribution in [2.24, 2.45) is 5.92 Å². The van der Waals surface area contributed by atoms with Crippen molar-refractivity contribution in [1.29, 1.82) is 0 Å². The average Bonchev–Trinajstić information content (AvgIpc) is 2.66. The van der Waals surface area contributed by atoms with E-state index in [1.165, 1.54) is 0 Å². The number of benzene rings is 2. The first-order valence-electron chi connectivity index (χ1n) is 10.2. The Bertz CT molecular complexity index is 835. The van der Waals surface area contributed by atoms with Crippen LogP contribution < -0.4 is 5.32 Å². The Morgan fingerprint density at radius 3 is 2.38 bits per heavy atom. The molecule has 156 valence electrons. The zero-order valence-electron chi connectivity index (χ0n) is 17.7. The standard InChI is InChI=1S/C24H31ClN2O2/c1-5-22(24(29)26-15-17(2)3)27(16-20-10-6-8-18(4)12-20)23(28)14-19-9-7-11-21(25)13-19/h6-13,17,22H,5,14-16H2,1-4H3,(H,26,29)/t22-/m1/s1. The average molecular weight is 415 g/mol. The summed E-state index contributed by atoms with van der Waals surface area (Å²) in [6.07, 6.45) is 0.761. The number of amides is 2. The van der Waals surface area contributed by atoms with Gasteiger partial charge in [-0.3, -0.25) is 9.59 Å². The van der Waals surface area contributed by atoms with E-state index in [-0.39, 0.29) is 18.2 Å². The number of hydrogen-bond acceptors (Lipinski definition) is 2. The van der Waals surface area contributed by atoms with Gasteiger partial charge in [0.25, 0.3) is 0 Å². The van der Waals surface area contributed by atoms with Crippen LogP contribution in [-0.4, -0.2) is 29.3 Å². The first-order chi connectivity index (χ1) is 13.8. The van der Waals surface area contributed by atoms with Crippen LogP contribution in [0.4, 0.5) is 0 Å². The fourth-order valence-corrected chi connectivity index (χ4v) is 3.49. The summed E-state index contributed by atoms with van der Waals surface area (Å²) in [6, 6.07) is 14.8. The van der Waals surface area contributed by atoms with Crippen molar-refractivity contribution in [2.75, 3.05) is 6.54 Å². The van der Waals surface area contributed by atoms with Gasteiger partial charge in [0.2, 0.25) is 11.8 Å². The normalized spacial score (nSPS) is 11.9. The number of rotatable bonds is 9. The Kier molecular flexibility index (Phi) is 8.71. The van der Waals surface area contributed by atoms with Gasteiger partial charge in [-0.05, 0) is 42.5 Å². The molecule has 0 unspecified atom stereocenters. The smallest absolute Gasteiger partial charge is 0.242 e. The maximum absolute atomic E-state index is 13.3. The number of nitrogens with one attached hydrogen (secondary N) is 1. The molecule has 0 aliphatic carbocycles. The summed E-state index contributed by atoms with van der Waals surface area (Å²) >= 11 is 6.08. The molecule has 2 aromatic rings. The molecule has 0 aliphatic rings. The second kappa shape index (κ2) is 11.0. The van der Waals surface area contributed by atoms with Gasteiger partial charge in [-0.15, -0.1) is 0 Å². The third kappa shape index (κ3) is 7.21. The van der Waals surface area contributed by atoms with E-state index in [0.29, 0.717) is 30.5 Å². The summed E-state index contributed by atoms with van der Waals surface area (Å²) in [4.78, 5) is 27.8. The van der Waals surface area contributed by atoms with Gasteiger partial charge >= 0.3 is 0 Å². The molecule has 2 rings (SSSR count). The molecule has 0 heterocycles. The van der Waals surface area contributed by atoms with Crippen molar-refractivity contribution in [3.63, 3.8) is 0 Å². The maximum atomic E-state index is 13.3. The van der Waals surface area contributed by atoms with Crippen LogP contribution in [0, 0.1) is 12.8 Å². The Labute approximate surface area is 179 Å². The predicted molar refractivity (Wildman–Crippen MR) is 119 cm³/mol. The van der Waals surface area contributed by atoms with Crippen molar-refractivity contribution in [3.8, 4) is 0 Å². The Balaban J connectivity index is 2.27. The molecule has 4 nitrogen and oxygen atoms in total. The van der Waals surface area contributed by atoms with Gasteiger partial charge in [-0.2, -0.15) is 0 Å². The molecule has 1 atom stereocenters. The van der Waals surface area contributed by atoms with Gasteiger partial charge in [0.1, 0.15) is 6.04 Å². The zero-order valence-corrected chi connectivity index (χ0v) is 18.5. The minimum atomic E-state index is -0.513. The first kappa shape index (κ1) is 23.0. The maximum Gasteiger partial charge on any atom is 0.242 e. The highest BCUT2D eigenvalue weighted by molar-refractivity contribution is 6.30. The third-order valence-corrected chi connectivity index (χ3v) is 4.99. The Hall–Kier alpha value is -2.33. The highest BCUT2D eigenvalue weighted by atomic mass is 35.5. The van der Waals surface area contributed by atoms with Crippen LogP contribution >= 0.6 is 11.6 Å². The van der Waals surface area contributed by atoms with E-state index < -0.39 is 6.04 Å². The lowest BCUT2D eigenvalue weighted by atomic mass is 10.1. The number of carbonyl (C=O) groups is 2. The molecule has 29 heavy (non-hydrogen) atoms. The fourth-order valence-electron chi connectivity index (χ4n) is 3.27. The Morgan fingerprint density at radius 1 is 1.07 bits per heavy atom. The Morgan fingerprint density at radius 2 is 1.76 bits per heavy atom. The molecular formula is C24H31ClN2O2. The zero-order chi connectivity index (χ0) is 21.4. The van der Waals surface area contributed by atoms with Crippen LogP contribution in [-0.2, 0) is 22.6 Å². The minimum Gasteiger partial charge on any atom is -0.354 e. The van der Waals surface area contributed by atoms with Gasteiger partial charge in [-0.25, -0.2) is 0 Å². The molecule has 2 amide bonds. The molecule has 2 aromatic carbocycles. The van der Waals surface area contributed by atoms with Crippen LogP contribution in [0.3, 0.4) is 0 Å². The summed E-state index contributed by atoms with van der Waals surface area (Å²) in [6.45, 7) is 9.06. The quantitative estimate of drug-likeness (QED) is 0.642. The molecule has 0 fully saturated rings. The molecule has 0 aromatic heterocycles. The molecule has 0 spiro atoms. The summed E-state index contributed by atoms with van der Waals surface area (Å²) in [5.74, 6) is 0.164. The molecular weight excluding hydrogens is 384 g/mol. The number of halogens is 1. The lowest BCUT2D eigenvalue weighted by molar-refractivity contribution is -0.141. The first-order valence-corrected chi connectivity index (χ1v) is 10.5. The third-order valence-electron chi connectivity index (χ3n) is 4.75. The van der Waals surface area contributed by atoms with E-state index in [9.17, 15) is 9.59 Å². The van der Waals surface area contributed by atoms with Crippen LogP contribution in [0.1, 0.15) is 43.9 Å². The van der Waals surface area contributed by atoms with Crippen LogP contribution in [0.5, 0.6) is 0 Å². The molecule has 0 saturated carbocycles. The summed E-state index contributed by atoms with van der Waals surface area (Å²) < 4.78 is 0. The molecule has 0 saturated heterocycles. The highest BCUT2D eigenvalue weighted by Crippen LogP contribution is 2.17. The van der Waals surface area contributed by atoms with Crippen LogP contribution in [0.15, 0.2) is 48.5 Å². The van der Waals surface area contributed by atoms with Crippen molar-refractivity contribution in [2.45, 2.75) is 53.1 Å². The van der Waals surface area contributed by atoms with E-state index in [1.807, 2.05) is 44.2 Å². The van der Waals surface area contributed by atoms with Gasteiger partial charge < -0.3 is 10.2 Å². The molecule has 5 heteroatoms. The van der Waals surface area contributed by atoms with Gasteiger partial charge in [0, 0.05) is 18.1 Å². The summed E-state index contributed by atoms with van der Waals surface area (Å²) in [5.41, 5.74) is 2.98. The molecule has 0 aliphatic heterocycles. The lowest BCUT2D eigenvalue weighted by Gasteiger charge is -2.31. The van der Waals surface area contributed by atoms with E-state index >= 15 is 0 Å². The number of aryl methyl sites for hydroxylation is 1. The predicted octanol–water partition coefficient (Wildman–Crippen LogP) is 4.77. The fraction of sp³-hybridized carbons (Fsp3) is 0.417. The van der Waals surface area contributed by atoms with E-state index in [1.54, 1.807) is 17.0 Å². The van der Waals surface area contributed by atoms with Crippen LogP contribution in [0.2, 0.25) is 5.02 Å².